The minimum absolute atomic E-state index is 0.0199. The summed E-state index contributed by atoms with van der Waals surface area (Å²) in [5, 5.41) is 20.4. The Morgan fingerprint density at radius 3 is 2.71 bits per heavy atom. The third-order valence-corrected chi connectivity index (χ3v) is 2.88. The first-order valence-corrected chi connectivity index (χ1v) is 5.85. The zero-order valence-corrected chi connectivity index (χ0v) is 9.51. The molecular weight excluding hydrogens is 202 g/mol. The second-order valence-electron chi connectivity index (χ2n) is 3.30. The smallest absolute Gasteiger partial charge is 0.217 e. The fraction of sp³-hybridized carbons (Fsp3) is 0.889. The number of aliphatic hydroxyl groups excluding tert-OH is 2. The van der Waals surface area contributed by atoms with Crippen molar-refractivity contribution in [1.29, 1.82) is 0 Å². The molecule has 5 heteroatoms. The lowest BCUT2D eigenvalue weighted by atomic mass is 10.3. The molecule has 0 aromatic carbocycles. The highest BCUT2D eigenvalue weighted by Gasteiger charge is 2.05. The van der Waals surface area contributed by atoms with Crippen LogP contribution in [0.15, 0.2) is 0 Å². The normalized spacial score (nSPS) is 14.9. The van der Waals surface area contributed by atoms with Gasteiger partial charge in [0, 0.05) is 18.7 Å². The maximum absolute atomic E-state index is 10.6. The lowest BCUT2D eigenvalue weighted by Crippen LogP contribution is -2.32. The maximum Gasteiger partial charge on any atom is 0.217 e. The topological polar surface area (TPSA) is 69.6 Å². The molecule has 0 bridgehead atoms. The largest absolute Gasteiger partial charge is 0.394 e. The van der Waals surface area contributed by atoms with Gasteiger partial charge in [0.25, 0.3) is 0 Å². The van der Waals surface area contributed by atoms with E-state index in [2.05, 4.69) is 5.32 Å². The van der Waals surface area contributed by atoms with E-state index in [9.17, 15) is 4.79 Å². The van der Waals surface area contributed by atoms with Gasteiger partial charge < -0.3 is 15.5 Å². The highest BCUT2D eigenvalue weighted by molar-refractivity contribution is 7.99. The Hall–Kier alpha value is -0.260. The van der Waals surface area contributed by atoms with Gasteiger partial charge in [0.1, 0.15) is 0 Å². The van der Waals surface area contributed by atoms with Crippen molar-refractivity contribution in [3.05, 3.63) is 0 Å². The Kier molecular flexibility index (Phi) is 7.93. The summed E-state index contributed by atoms with van der Waals surface area (Å²) in [6.45, 7) is 3.26. The number of aliphatic hydroxyl groups is 2. The van der Waals surface area contributed by atoms with Crippen LogP contribution in [0.3, 0.4) is 0 Å². The third-order valence-electron chi connectivity index (χ3n) is 1.62. The van der Waals surface area contributed by atoms with Crippen LogP contribution in [0, 0.1) is 0 Å². The van der Waals surface area contributed by atoms with Gasteiger partial charge in [-0.1, -0.05) is 0 Å². The Bertz CT molecular complexity index is 166. The molecule has 0 aromatic rings. The summed E-state index contributed by atoms with van der Waals surface area (Å²) >= 11 is 1.66. The fourth-order valence-corrected chi connectivity index (χ4v) is 2.00. The van der Waals surface area contributed by atoms with Gasteiger partial charge in [-0.3, -0.25) is 4.79 Å². The molecule has 4 nitrogen and oxygen atoms in total. The molecule has 0 saturated carbocycles. The van der Waals surface area contributed by atoms with E-state index in [0.29, 0.717) is 6.42 Å². The van der Waals surface area contributed by atoms with Crippen LogP contribution < -0.4 is 5.32 Å². The van der Waals surface area contributed by atoms with E-state index in [1.807, 2.05) is 6.92 Å². The Morgan fingerprint density at radius 2 is 2.21 bits per heavy atom. The summed E-state index contributed by atoms with van der Waals surface area (Å²) in [5.74, 6) is 1.61. The van der Waals surface area contributed by atoms with Gasteiger partial charge in [-0.25, -0.2) is 0 Å². The average Bonchev–Trinajstić information content (AvgIpc) is 2.10. The van der Waals surface area contributed by atoms with Gasteiger partial charge in [0.2, 0.25) is 5.91 Å². The molecule has 0 spiro atoms. The Labute approximate surface area is 89.1 Å². The van der Waals surface area contributed by atoms with Crippen LogP contribution in [0.5, 0.6) is 0 Å². The van der Waals surface area contributed by atoms with Crippen LogP contribution in [0.4, 0.5) is 0 Å². The van der Waals surface area contributed by atoms with Gasteiger partial charge in [0.05, 0.1) is 12.7 Å². The molecule has 0 saturated heterocycles. The number of nitrogens with one attached hydrogen (secondary N) is 1. The molecule has 0 fully saturated rings. The summed E-state index contributed by atoms with van der Waals surface area (Å²) in [5.41, 5.74) is 0. The van der Waals surface area contributed by atoms with Crippen LogP contribution in [0.1, 0.15) is 20.3 Å². The van der Waals surface area contributed by atoms with Crippen molar-refractivity contribution in [3.8, 4) is 0 Å². The number of amides is 1. The molecule has 0 radical (unpaired) electrons. The summed E-state index contributed by atoms with van der Waals surface area (Å²) in [7, 11) is 0. The van der Waals surface area contributed by atoms with E-state index in [1.165, 1.54) is 6.92 Å². The summed E-state index contributed by atoms with van der Waals surface area (Å²) in [6.07, 6.45) is -0.0212. The first kappa shape index (κ1) is 13.7. The Balaban J connectivity index is 3.31. The zero-order valence-electron chi connectivity index (χ0n) is 8.69. The molecular formula is C9H19NO3S. The molecule has 14 heavy (non-hydrogen) atoms. The van der Waals surface area contributed by atoms with Crippen LogP contribution in [-0.2, 0) is 4.79 Å². The second-order valence-corrected chi connectivity index (χ2v) is 4.45. The van der Waals surface area contributed by atoms with Gasteiger partial charge in [-0.15, -0.1) is 0 Å². The van der Waals surface area contributed by atoms with Crippen molar-refractivity contribution < 1.29 is 15.0 Å². The average molecular weight is 221 g/mol. The van der Waals surface area contributed by atoms with E-state index in [-0.39, 0.29) is 18.6 Å². The number of hydrogen-bond acceptors (Lipinski definition) is 4. The van der Waals surface area contributed by atoms with Crippen LogP contribution >= 0.6 is 11.8 Å². The molecule has 84 valence electrons. The number of thioether (sulfide) groups is 1. The summed E-state index contributed by atoms with van der Waals surface area (Å²) < 4.78 is 0. The molecule has 0 aliphatic rings. The van der Waals surface area contributed by atoms with Crippen LogP contribution in [-0.4, -0.2) is 46.4 Å². The molecule has 1 unspecified atom stereocenters. The van der Waals surface area contributed by atoms with Crippen molar-refractivity contribution in [2.24, 2.45) is 0 Å². The quantitative estimate of drug-likeness (QED) is 0.529. The van der Waals surface area contributed by atoms with Crippen molar-refractivity contribution >= 4 is 17.7 Å². The van der Waals surface area contributed by atoms with Gasteiger partial charge in [-0.2, -0.15) is 11.8 Å². The van der Waals surface area contributed by atoms with E-state index in [4.69, 9.17) is 10.2 Å². The van der Waals surface area contributed by atoms with E-state index < -0.39 is 6.10 Å². The van der Waals surface area contributed by atoms with Crippen LogP contribution in [0.2, 0.25) is 0 Å². The number of carbonyl (C=O) groups is 1. The maximum atomic E-state index is 10.6. The first-order valence-electron chi connectivity index (χ1n) is 4.70. The summed E-state index contributed by atoms with van der Waals surface area (Å²) in [6, 6.07) is 0.156. The van der Waals surface area contributed by atoms with Gasteiger partial charge in [-0.05, 0) is 19.1 Å². The third kappa shape index (κ3) is 8.34. The molecule has 3 N–H and O–H groups in total. The molecule has 0 rings (SSSR count). The van der Waals surface area contributed by atoms with Crippen LogP contribution in [0.25, 0.3) is 0 Å². The van der Waals surface area contributed by atoms with E-state index in [0.717, 1.165) is 11.5 Å². The predicted molar refractivity (Wildman–Crippen MR) is 58.3 cm³/mol. The molecule has 0 heterocycles. The monoisotopic (exact) mass is 221 g/mol. The molecule has 0 aliphatic carbocycles. The molecule has 1 amide bonds. The van der Waals surface area contributed by atoms with E-state index >= 15 is 0 Å². The molecule has 0 aromatic heterocycles. The first-order chi connectivity index (χ1) is 6.56. The number of carbonyl (C=O) groups excluding carboxylic acids is 1. The van der Waals surface area contributed by atoms with Crippen molar-refractivity contribution in [3.63, 3.8) is 0 Å². The van der Waals surface area contributed by atoms with Gasteiger partial charge in [0.15, 0.2) is 0 Å². The number of hydrogen-bond donors (Lipinski definition) is 3. The number of rotatable bonds is 7. The zero-order chi connectivity index (χ0) is 11.0. The highest BCUT2D eigenvalue weighted by atomic mass is 32.2. The SMILES string of the molecule is CC(=O)N[C@H](C)CSCCC(O)CO. The Morgan fingerprint density at radius 1 is 1.57 bits per heavy atom. The van der Waals surface area contributed by atoms with Gasteiger partial charge >= 0.3 is 0 Å². The van der Waals surface area contributed by atoms with Crippen molar-refractivity contribution in [2.45, 2.75) is 32.4 Å². The van der Waals surface area contributed by atoms with E-state index in [1.54, 1.807) is 11.8 Å². The second kappa shape index (κ2) is 8.08. The van der Waals surface area contributed by atoms with Crippen molar-refractivity contribution in [1.82, 2.24) is 5.32 Å². The predicted octanol–water partition coefficient (Wildman–Crippen LogP) is -0.0125. The fourth-order valence-electron chi connectivity index (χ4n) is 0.959. The molecule has 2 atom stereocenters. The lowest BCUT2D eigenvalue weighted by molar-refractivity contribution is -0.119. The highest BCUT2D eigenvalue weighted by Crippen LogP contribution is 2.06. The van der Waals surface area contributed by atoms with Crippen molar-refractivity contribution in [2.75, 3.05) is 18.1 Å². The molecule has 0 aliphatic heterocycles. The summed E-state index contributed by atoms with van der Waals surface area (Å²) in [4.78, 5) is 10.6. The minimum atomic E-state index is -0.612. The standard InChI is InChI=1S/C9H19NO3S/c1-7(10-8(2)12)6-14-4-3-9(13)5-11/h7,9,11,13H,3-6H2,1-2H3,(H,10,12)/t7-,9?/m1/s1. The minimum Gasteiger partial charge on any atom is -0.394 e. The lowest BCUT2D eigenvalue weighted by Gasteiger charge is -2.12.